The summed E-state index contributed by atoms with van der Waals surface area (Å²) in [4.78, 5) is 10.1. The van der Waals surface area contributed by atoms with Crippen LogP contribution in [0.1, 0.15) is 5.56 Å². The highest BCUT2D eigenvalue weighted by molar-refractivity contribution is 6.34. The molecule has 0 saturated carbocycles. The molecule has 4 nitrogen and oxygen atoms in total. The Morgan fingerprint density at radius 3 is 2.52 bits per heavy atom. The Hall–Kier alpha value is -2.04. The molecular weight excluding hydrogens is 313 g/mol. The van der Waals surface area contributed by atoms with Gasteiger partial charge in [0.25, 0.3) is 5.69 Å². The second-order valence-electron chi connectivity index (χ2n) is 4.13. The van der Waals surface area contributed by atoms with Crippen LogP contribution in [-0.2, 0) is 0 Å². The molecule has 0 aromatic heterocycles. The number of non-ortho nitro benzene ring substituents is 1. The summed E-state index contributed by atoms with van der Waals surface area (Å²) in [5, 5.41) is 11.7. The van der Waals surface area contributed by atoms with Gasteiger partial charge in [0.2, 0.25) is 0 Å². The minimum absolute atomic E-state index is 0.0311. The molecule has 0 heterocycles. The molecule has 0 aliphatic rings. The fourth-order valence-electron chi connectivity index (χ4n) is 1.63. The van der Waals surface area contributed by atoms with E-state index in [-0.39, 0.29) is 5.69 Å². The van der Waals surface area contributed by atoms with E-state index in [1.165, 1.54) is 12.1 Å². The smallest absolute Gasteiger partial charge is 0.269 e. The van der Waals surface area contributed by atoms with Gasteiger partial charge in [0.1, 0.15) is 12.4 Å². The van der Waals surface area contributed by atoms with Crippen molar-refractivity contribution in [3.05, 3.63) is 74.3 Å². The van der Waals surface area contributed by atoms with Crippen LogP contribution in [0.3, 0.4) is 0 Å². The highest BCUT2D eigenvalue weighted by Gasteiger charge is 2.03. The molecule has 0 radical (unpaired) electrons. The summed E-state index contributed by atoms with van der Waals surface area (Å²) in [5.41, 5.74) is 0.833. The zero-order valence-electron chi connectivity index (χ0n) is 10.8. The molecule has 0 amide bonds. The number of hydrogen-bond acceptors (Lipinski definition) is 3. The Kier molecular flexibility index (Phi) is 5.20. The normalized spacial score (nSPS) is 10.8. The first-order valence-corrected chi connectivity index (χ1v) is 6.81. The minimum atomic E-state index is -0.454. The zero-order chi connectivity index (χ0) is 15.2. The Balaban J connectivity index is 1.93. The predicted molar refractivity (Wildman–Crippen MR) is 84.1 cm³/mol. The number of halogens is 2. The maximum absolute atomic E-state index is 10.5. The molecule has 0 saturated heterocycles. The van der Waals surface area contributed by atoms with E-state index in [1.54, 1.807) is 42.5 Å². The quantitative estimate of drug-likeness (QED) is 0.575. The SMILES string of the molecule is O=[N+]([O-])c1ccc(OCC=Cc2cc(Cl)ccc2Cl)cc1. The van der Waals surface area contributed by atoms with Crippen LogP contribution in [0.2, 0.25) is 10.0 Å². The predicted octanol–water partition coefficient (Wildman–Crippen LogP) is 4.99. The van der Waals surface area contributed by atoms with Crippen LogP contribution in [0.25, 0.3) is 6.08 Å². The molecule has 0 atom stereocenters. The Labute approximate surface area is 131 Å². The van der Waals surface area contributed by atoms with E-state index >= 15 is 0 Å². The highest BCUT2D eigenvalue weighted by Crippen LogP contribution is 2.22. The lowest BCUT2D eigenvalue weighted by Crippen LogP contribution is -1.94. The third kappa shape index (κ3) is 4.48. The molecule has 108 valence electrons. The lowest BCUT2D eigenvalue weighted by atomic mass is 10.2. The molecule has 2 rings (SSSR count). The van der Waals surface area contributed by atoms with Gasteiger partial charge in [-0.25, -0.2) is 0 Å². The fraction of sp³-hybridized carbons (Fsp3) is 0.0667. The molecule has 0 fully saturated rings. The highest BCUT2D eigenvalue weighted by atomic mass is 35.5. The molecule has 21 heavy (non-hydrogen) atoms. The van der Waals surface area contributed by atoms with Crippen molar-refractivity contribution in [1.29, 1.82) is 0 Å². The van der Waals surface area contributed by atoms with Crippen LogP contribution in [-0.4, -0.2) is 11.5 Å². The molecular formula is C15H11Cl2NO3. The Bertz CT molecular complexity index is 669. The largest absolute Gasteiger partial charge is 0.490 e. The van der Waals surface area contributed by atoms with Crippen molar-refractivity contribution in [3.63, 3.8) is 0 Å². The second kappa shape index (κ2) is 7.11. The van der Waals surface area contributed by atoms with Gasteiger partial charge >= 0.3 is 0 Å². The van der Waals surface area contributed by atoms with Crippen LogP contribution >= 0.6 is 23.2 Å². The van der Waals surface area contributed by atoms with E-state index in [9.17, 15) is 10.1 Å². The standard InChI is InChI=1S/C15H11Cl2NO3/c16-12-3-8-15(17)11(10-12)2-1-9-21-14-6-4-13(5-7-14)18(19)20/h1-8,10H,9H2. The van der Waals surface area contributed by atoms with E-state index in [1.807, 2.05) is 0 Å². The Morgan fingerprint density at radius 1 is 1.14 bits per heavy atom. The van der Waals surface area contributed by atoms with Crippen LogP contribution in [0, 0.1) is 10.1 Å². The van der Waals surface area contributed by atoms with Gasteiger partial charge in [-0.3, -0.25) is 10.1 Å². The van der Waals surface area contributed by atoms with Crippen molar-refractivity contribution >= 4 is 35.0 Å². The van der Waals surface area contributed by atoms with Gasteiger partial charge in [0.05, 0.1) is 4.92 Å². The first kappa shape index (κ1) is 15.4. The maximum atomic E-state index is 10.5. The van der Waals surface area contributed by atoms with Gasteiger partial charge < -0.3 is 4.74 Å². The van der Waals surface area contributed by atoms with E-state index in [2.05, 4.69) is 0 Å². The third-order valence-electron chi connectivity index (χ3n) is 2.65. The first-order valence-electron chi connectivity index (χ1n) is 6.05. The third-order valence-corrected chi connectivity index (χ3v) is 3.23. The van der Waals surface area contributed by atoms with Crippen molar-refractivity contribution in [2.75, 3.05) is 6.61 Å². The second-order valence-corrected chi connectivity index (χ2v) is 4.97. The van der Waals surface area contributed by atoms with Crippen molar-refractivity contribution in [1.82, 2.24) is 0 Å². The van der Waals surface area contributed by atoms with Crippen LogP contribution in [0.4, 0.5) is 5.69 Å². The van der Waals surface area contributed by atoms with E-state index < -0.39 is 4.92 Å². The Morgan fingerprint density at radius 2 is 1.86 bits per heavy atom. The number of benzene rings is 2. The molecule has 0 unspecified atom stereocenters. The lowest BCUT2D eigenvalue weighted by molar-refractivity contribution is -0.384. The molecule has 6 heteroatoms. The van der Waals surface area contributed by atoms with Crippen LogP contribution in [0.5, 0.6) is 5.75 Å². The summed E-state index contributed by atoms with van der Waals surface area (Å²) in [6, 6.07) is 11.1. The monoisotopic (exact) mass is 323 g/mol. The van der Waals surface area contributed by atoms with Gasteiger partial charge in [0.15, 0.2) is 0 Å². The van der Waals surface area contributed by atoms with E-state index in [0.717, 1.165) is 5.56 Å². The molecule has 2 aromatic carbocycles. The summed E-state index contributed by atoms with van der Waals surface area (Å²) in [5.74, 6) is 0.558. The average molecular weight is 324 g/mol. The average Bonchev–Trinajstić information content (AvgIpc) is 2.47. The number of rotatable bonds is 5. The number of nitro groups is 1. The molecule has 0 aliphatic carbocycles. The van der Waals surface area contributed by atoms with Gasteiger partial charge in [-0.1, -0.05) is 29.3 Å². The van der Waals surface area contributed by atoms with Crippen molar-refractivity contribution < 1.29 is 9.66 Å². The van der Waals surface area contributed by atoms with Gasteiger partial charge in [0, 0.05) is 22.2 Å². The lowest BCUT2D eigenvalue weighted by Gasteiger charge is -2.03. The molecule has 0 aliphatic heterocycles. The summed E-state index contributed by atoms with van der Waals surface area (Å²) < 4.78 is 5.45. The number of nitrogens with zero attached hydrogens (tertiary/aromatic N) is 1. The number of ether oxygens (including phenoxy) is 1. The van der Waals surface area contributed by atoms with E-state index in [0.29, 0.717) is 22.4 Å². The number of nitro benzene ring substituents is 1. The molecule has 2 aromatic rings. The molecule has 0 bridgehead atoms. The topological polar surface area (TPSA) is 52.4 Å². The summed E-state index contributed by atoms with van der Waals surface area (Å²) >= 11 is 11.9. The van der Waals surface area contributed by atoms with Gasteiger partial charge in [-0.15, -0.1) is 0 Å². The van der Waals surface area contributed by atoms with Gasteiger partial charge in [-0.2, -0.15) is 0 Å². The minimum Gasteiger partial charge on any atom is -0.490 e. The van der Waals surface area contributed by atoms with Crippen molar-refractivity contribution in [2.45, 2.75) is 0 Å². The fourth-order valence-corrected chi connectivity index (χ4v) is 1.99. The maximum Gasteiger partial charge on any atom is 0.269 e. The van der Waals surface area contributed by atoms with Gasteiger partial charge in [-0.05, 0) is 42.0 Å². The number of hydrogen-bond donors (Lipinski definition) is 0. The van der Waals surface area contributed by atoms with E-state index in [4.69, 9.17) is 27.9 Å². The van der Waals surface area contributed by atoms with Crippen molar-refractivity contribution in [3.8, 4) is 5.75 Å². The first-order chi connectivity index (χ1) is 10.1. The summed E-state index contributed by atoms with van der Waals surface area (Å²) in [7, 11) is 0. The summed E-state index contributed by atoms with van der Waals surface area (Å²) in [6.45, 7) is 0.320. The summed E-state index contributed by atoms with van der Waals surface area (Å²) in [6.07, 6.45) is 3.60. The van der Waals surface area contributed by atoms with Crippen LogP contribution < -0.4 is 4.74 Å². The zero-order valence-corrected chi connectivity index (χ0v) is 12.3. The van der Waals surface area contributed by atoms with Crippen LogP contribution in [0.15, 0.2) is 48.5 Å². The van der Waals surface area contributed by atoms with Crippen molar-refractivity contribution in [2.24, 2.45) is 0 Å². The molecule has 0 spiro atoms. The molecule has 0 N–H and O–H groups in total.